The van der Waals surface area contributed by atoms with Crippen molar-refractivity contribution in [1.29, 1.82) is 0 Å². The molecular formula is C16H22N2S. The Morgan fingerprint density at radius 2 is 2.21 bits per heavy atom. The van der Waals surface area contributed by atoms with Crippen LogP contribution in [0.1, 0.15) is 36.9 Å². The highest BCUT2D eigenvalue weighted by Crippen LogP contribution is 2.33. The summed E-state index contributed by atoms with van der Waals surface area (Å²) < 4.78 is 0. The molecule has 0 radical (unpaired) electrons. The highest BCUT2D eigenvalue weighted by atomic mass is 32.1. The van der Waals surface area contributed by atoms with Crippen molar-refractivity contribution in [2.75, 3.05) is 13.6 Å². The van der Waals surface area contributed by atoms with Gasteiger partial charge in [0, 0.05) is 13.6 Å². The first-order valence-corrected chi connectivity index (χ1v) is 7.23. The minimum Gasteiger partial charge on any atom is -0.359 e. The van der Waals surface area contributed by atoms with Crippen LogP contribution in [0.15, 0.2) is 36.4 Å². The molecule has 1 atom stereocenters. The van der Waals surface area contributed by atoms with Crippen LogP contribution in [0.5, 0.6) is 0 Å². The van der Waals surface area contributed by atoms with E-state index in [2.05, 4.69) is 48.1 Å². The van der Waals surface area contributed by atoms with Crippen molar-refractivity contribution >= 4 is 17.3 Å². The summed E-state index contributed by atoms with van der Waals surface area (Å²) in [7, 11) is 2.08. The fraction of sp³-hybridized carbons (Fsp3) is 0.438. The molecule has 2 rings (SSSR count). The summed E-state index contributed by atoms with van der Waals surface area (Å²) in [5, 5.41) is 4.08. The standard InChI is InChI=1S/C16H22N2S/c1-12(2)11-17-16(19)18(3)15-10-6-8-13-7-4-5-9-14(13)15/h4-5,7,9,15H,1,6,8,10-11H2,2-3H3,(H,17,19)/t15-/m0/s1. The molecule has 19 heavy (non-hydrogen) atoms. The number of nitrogens with zero attached hydrogens (tertiary/aromatic N) is 1. The third-order valence-electron chi connectivity index (χ3n) is 3.67. The second-order valence-corrected chi connectivity index (χ2v) is 5.72. The average Bonchev–Trinajstić information content (AvgIpc) is 2.43. The van der Waals surface area contributed by atoms with Gasteiger partial charge in [0.15, 0.2) is 5.11 Å². The number of aryl methyl sites for hydroxylation is 1. The first-order valence-electron chi connectivity index (χ1n) is 6.82. The first-order chi connectivity index (χ1) is 9.09. The van der Waals surface area contributed by atoms with E-state index in [0.717, 1.165) is 17.2 Å². The van der Waals surface area contributed by atoms with E-state index in [1.54, 1.807) is 0 Å². The van der Waals surface area contributed by atoms with Crippen LogP contribution in [-0.2, 0) is 6.42 Å². The number of hydrogen-bond acceptors (Lipinski definition) is 1. The van der Waals surface area contributed by atoms with Gasteiger partial charge in [0.05, 0.1) is 6.04 Å². The highest BCUT2D eigenvalue weighted by Gasteiger charge is 2.24. The largest absolute Gasteiger partial charge is 0.359 e. The Labute approximate surface area is 121 Å². The van der Waals surface area contributed by atoms with Crippen molar-refractivity contribution in [3.05, 3.63) is 47.5 Å². The van der Waals surface area contributed by atoms with Crippen molar-refractivity contribution in [3.8, 4) is 0 Å². The molecule has 0 heterocycles. The molecule has 1 aliphatic carbocycles. The fourth-order valence-corrected chi connectivity index (χ4v) is 2.82. The molecule has 0 unspecified atom stereocenters. The molecule has 0 aliphatic heterocycles. The van der Waals surface area contributed by atoms with Gasteiger partial charge in [-0.05, 0) is 49.5 Å². The summed E-state index contributed by atoms with van der Waals surface area (Å²) in [6.45, 7) is 6.65. The predicted octanol–water partition coefficient (Wildman–Crippen LogP) is 3.45. The lowest BCUT2D eigenvalue weighted by Gasteiger charge is -2.35. The van der Waals surface area contributed by atoms with Gasteiger partial charge in [-0.15, -0.1) is 0 Å². The SMILES string of the molecule is C=C(C)CNC(=S)N(C)[C@H]1CCCc2ccccc21. The Kier molecular flexibility index (Phi) is 4.59. The van der Waals surface area contributed by atoms with E-state index in [9.17, 15) is 0 Å². The normalized spacial score (nSPS) is 17.5. The van der Waals surface area contributed by atoms with Gasteiger partial charge < -0.3 is 10.2 Å². The van der Waals surface area contributed by atoms with Gasteiger partial charge in [-0.3, -0.25) is 0 Å². The van der Waals surface area contributed by atoms with Gasteiger partial charge in [-0.25, -0.2) is 0 Å². The molecule has 0 aromatic heterocycles. The highest BCUT2D eigenvalue weighted by molar-refractivity contribution is 7.80. The number of benzene rings is 1. The summed E-state index contributed by atoms with van der Waals surface area (Å²) in [5.41, 5.74) is 3.99. The number of fused-ring (bicyclic) bond motifs is 1. The van der Waals surface area contributed by atoms with Crippen molar-refractivity contribution in [1.82, 2.24) is 10.2 Å². The summed E-state index contributed by atoms with van der Waals surface area (Å²) in [4.78, 5) is 2.19. The zero-order valence-electron chi connectivity index (χ0n) is 11.8. The van der Waals surface area contributed by atoms with E-state index in [0.29, 0.717) is 6.04 Å². The smallest absolute Gasteiger partial charge is 0.169 e. The molecule has 1 aliphatic rings. The number of hydrogen-bond donors (Lipinski definition) is 1. The van der Waals surface area contributed by atoms with Crippen molar-refractivity contribution in [2.24, 2.45) is 0 Å². The zero-order chi connectivity index (χ0) is 13.8. The zero-order valence-corrected chi connectivity index (χ0v) is 12.6. The molecule has 1 N–H and O–H groups in total. The van der Waals surface area contributed by atoms with Crippen molar-refractivity contribution in [2.45, 2.75) is 32.2 Å². The molecule has 1 aromatic rings. The lowest BCUT2D eigenvalue weighted by atomic mass is 9.87. The predicted molar refractivity (Wildman–Crippen MR) is 85.3 cm³/mol. The Hall–Kier alpha value is -1.35. The maximum Gasteiger partial charge on any atom is 0.169 e. The van der Waals surface area contributed by atoms with Crippen LogP contribution < -0.4 is 5.32 Å². The third kappa shape index (κ3) is 3.35. The summed E-state index contributed by atoms with van der Waals surface area (Å²) >= 11 is 5.48. The molecule has 0 saturated heterocycles. The molecular weight excluding hydrogens is 252 g/mol. The van der Waals surface area contributed by atoms with Crippen LogP contribution in [-0.4, -0.2) is 23.6 Å². The van der Waals surface area contributed by atoms with Crippen LogP contribution >= 0.6 is 12.2 Å². The summed E-state index contributed by atoms with van der Waals surface area (Å²) in [6.07, 6.45) is 3.59. The Morgan fingerprint density at radius 3 is 2.95 bits per heavy atom. The van der Waals surface area contributed by atoms with Gasteiger partial charge in [0.25, 0.3) is 0 Å². The lowest BCUT2D eigenvalue weighted by Crippen LogP contribution is -2.40. The van der Waals surface area contributed by atoms with Gasteiger partial charge in [0.1, 0.15) is 0 Å². The van der Waals surface area contributed by atoms with Crippen molar-refractivity contribution in [3.63, 3.8) is 0 Å². The molecule has 0 spiro atoms. The first kappa shape index (κ1) is 14.1. The Morgan fingerprint density at radius 1 is 1.47 bits per heavy atom. The van der Waals surface area contributed by atoms with Crippen LogP contribution in [0, 0.1) is 0 Å². The second-order valence-electron chi connectivity index (χ2n) is 5.33. The minimum atomic E-state index is 0.398. The van der Waals surface area contributed by atoms with Crippen LogP contribution in [0.3, 0.4) is 0 Å². The molecule has 102 valence electrons. The van der Waals surface area contributed by atoms with Gasteiger partial charge in [-0.2, -0.15) is 0 Å². The minimum absolute atomic E-state index is 0.398. The summed E-state index contributed by atoms with van der Waals surface area (Å²) in [6, 6.07) is 9.11. The fourth-order valence-electron chi connectivity index (χ4n) is 2.62. The van der Waals surface area contributed by atoms with Crippen LogP contribution in [0.4, 0.5) is 0 Å². The number of nitrogens with one attached hydrogen (secondary N) is 1. The molecule has 3 heteroatoms. The average molecular weight is 274 g/mol. The van der Waals surface area contributed by atoms with E-state index >= 15 is 0 Å². The van der Waals surface area contributed by atoms with E-state index in [1.807, 2.05) is 6.92 Å². The van der Waals surface area contributed by atoms with Crippen molar-refractivity contribution < 1.29 is 0 Å². The number of rotatable bonds is 3. The van der Waals surface area contributed by atoms with Crippen LogP contribution in [0.25, 0.3) is 0 Å². The van der Waals surface area contributed by atoms with E-state index in [-0.39, 0.29) is 0 Å². The number of thiocarbonyl (C=S) groups is 1. The molecule has 0 bridgehead atoms. The molecule has 0 saturated carbocycles. The quantitative estimate of drug-likeness (QED) is 0.671. The molecule has 0 fully saturated rings. The maximum absolute atomic E-state index is 5.48. The van der Waals surface area contributed by atoms with Crippen LogP contribution in [0.2, 0.25) is 0 Å². The Bertz CT molecular complexity index is 481. The van der Waals surface area contributed by atoms with E-state index in [1.165, 1.54) is 30.4 Å². The van der Waals surface area contributed by atoms with Gasteiger partial charge in [-0.1, -0.05) is 36.4 Å². The monoisotopic (exact) mass is 274 g/mol. The van der Waals surface area contributed by atoms with Gasteiger partial charge in [0.2, 0.25) is 0 Å². The van der Waals surface area contributed by atoms with E-state index < -0.39 is 0 Å². The molecule has 0 amide bonds. The topological polar surface area (TPSA) is 15.3 Å². The van der Waals surface area contributed by atoms with Gasteiger partial charge >= 0.3 is 0 Å². The Balaban J connectivity index is 2.10. The summed E-state index contributed by atoms with van der Waals surface area (Å²) in [5.74, 6) is 0. The second kappa shape index (κ2) is 6.20. The maximum atomic E-state index is 5.48. The van der Waals surface area contributed by atoms with E-state index in [4.69, 9.17) is 12.2 Å². The third-order valence-corrected chi connectivity index (χ3v) is 4.10. The molecule has 1 aromatic carbocycles. The molecule has 2 nitrogen and oxygen atoms in total. The lowest BCUT2D eigenvalue weighted by molar-refractivity contribution is 0.329.